The molecule has 3 aromatic rings. The SMILES string of the molecule is Cc1ccc(OCc2ccc(C(=O)Nc3ccc(CCN4CCOCC4)cc3)o2)c(C)c1. The first-order chi connectivity index (χ1) is 15.6. The minimum atomic E-state index is -0.274. The molecule has 0 unspecified atom stereocenters. The van der Waals surface area contributed by atoms with E-state index in [4.69, 9.17) is 13.9 Å². The van der Waals surface area contributed by atoms with Crippen LogP contribution in [0.5, 0.6) is 5.75 Å². The van der Waals surface area contributed by atoms with Crippen molar-refractivity contribution in [1.29, 1.82) is 0 Å². The fourth-order valence-corrected chi connectivity index (χ4v) is 3.75. The molecule has 0 atom stereocenters. The van der Waals surface area contributed by atoms with E-state index in [0.29, 0.717) is 5.76 Å². The monoisotopic (exact) mass is 434 g/mol. The number of nitrogens with zero attached hydrogens (tertiary/aromatic N) is 1. The average molecular weight is 435 g/mol. The molecule has 1 aromatic heterocycles. The van der Waals surface area contributed by atoms with Gasteiger partial charge in [-0.05, 0) is 61.7 Å². The third-order valence-electron chi connectivity index (χ3n) is 5.62. The highest BCUT2D eigenvalue weighted by Crippen LogP contribution is 2.21. The highest BCUT2D eigenvalue weighted by molar-refractivity contribution is 6.02. The van der Waals surface area contributed by atoms with Crippen molar-refractivity contribution in [3.8, 4) is 5.75 Å². The number of morpholine rings is 1. The van der Waals surface area contributed by atoms with Crippen molar-refractivity contribution >= 4 is 11.6 Å². The quantitative estimate of drug-likeness (QED) is 0.561. The fourth-order valence-electron chi connectivity index (χ4n) is 3.75. The molecule has 1 fully saturated rings. The van der Waals surface area contributed by atoms with E-state index in [1.165, 1.54) is 11.1 Å². The number of rotatable bonds is 8. The highest BCUT2D eigenvalue weighted by atomic mass is 16.5. The lowest BCUT2D eigenvalue weighted by Gasteiger charge is -2.26. The van der Waals surface area contributed by atoms with Gasteiger partial charge in [0.15, 0.2) is 5.76 Å². The second-order valence-electron chi connectivity index (χ2n) is 8.18. The summed E-state index contributed by atoms with van der Waals surface area (Å²) in [6.07, 6.45) is 0.982. The van der Waals surface area contributed by atoms with Gasteiger partial charge < -0.3 is 19.2 Å². The maximum Gasteiger partial charge on any atom is 0.291 e. The van der Waals surface area contributed by atoms with Crippen LogP contribution in [-0.4, -0.2) is 43.7 Å². The summed E-state index contributed by atoms with van der Waals surface area (Å²) in [6, 6.07) is 17.5. The number of carbonyl (C=O) groups excluding carboxylic acids is 1. The lowest BCUT2D eigenvalue weighted by molar-refractivity contribution is 0.0384. The lowest BCUT2D eigenvalue weighted by Crippen LogP contribution is -2.37. The van der Waals surface area contributed by atoms with Gasteiger partial charge in [0.05, 0.1) is 13.2 Å². The Bertz CT molecular complexity index is 1040. The third-order valence-corrected chi connectivity index (χ3v) is 5.62. The fraction of sp³-hybridized carbons (Fsp3) is 0.346. The zero-order chi connectivity index (χ0) is 22.3. The number of benzene rings is 2. The van der Waals surface area contributed by atoms with Gasteiger partial charge in [0.1, 0.15) is 18.1 Å². The highest BCUT2D eigenvalue weighted by Gasteiger charge is 2.13. The number of carbonyl (C=O) groups is 1. The topological polar surface area (TPSA) is 63.9 Å². The van der Waals surface area contributed by atoms with Gasteiger partial charge in [-0.25, -0.2) is 0 Å². The number of nitrogens with one attached hydrogen (secondary N) is 1. The molecule has 1 amide bonds. The Morgan fingerprint density at radius 1 is 1.03 bits per heavy atom. The van der Waals surface area contributed by atoms with E-state index in [2.05, 4.69) is 28.4 Å². The molecule has 2 heterocycles. The first kappa shape index (κ1) is 22.1. The van der Waals surface area contributed by atoms with Crippen molar-refractivity contribution in [2.45, 2.75) is 26.9 Å². The molecular formula is C26H30N2O4. The normalized spacial score (nSPS) is 14.3. The number of anilines is 1. The van der Waals surface area contributed by atoms with Gasteiger partial charge in [0.25, 0.3) is 5.91 Å². The summed E-state index contributed by atoms with van der Waals surface area (Å²) in [5.41, 5.74) is 4.26. The summed E-state index contributed by atoms with van der Waals surface area (Å²) < 4.78 is 16.9. The molecule has 1 aliphatic heterocycles. The van der Waals surface area contributed by atoms with Crippen LogP contribution in [0.25, 0.3) is 0 Å². The third kappa shape index (κ3) is 5.99. The first-order valence-corrected chi connectivity index (χ1v) is 11.1. The number of furan rings is 1. The van der Waals surface area contributed by atoms with E-state index in [9.17, 15) is 4.79 Å². The van der Waals surface area contributed by atoms with Crippen molar-refractivity contribution in [2.75, 3.05) is 38.2 Å². The standard InChI is InChI=1S/C26H30N2O4/c1-19-3-9-24(20(2)17-19)31-18-23-8-10-25(32-23)26(29)27-22-6-4-21(5-7-22)11-12-28-13-15-30-16-14-28/h3-10,17H,11-16,18H2,1-2H3,(H,27,29). The van der Waals surface area contributed by atoms with Crippen LogP contribution in [0, 0.1) is 13.8 Å². The molecule has 2 aromatic carbocycles. The molecule has 32 heavy (non-hydrogen) atoms. The Labute approximate surface area is 189 Å². The summed E-state index contributed by atoms with van der Waals surface area (Å²) >= 11 is 0. The summed E-state index contributed by atoms with van der Waals surface area (Å²) in [5, 5.41) is 2.89. The number of aryl methyl sites for hydroxylation is 2. The Balaban J connectivity index is 1.27. The zero-order valence-corrected chi connectivity index (χ0v) is 18.7. The Hall–Kier alpha value is -3.09. The molecule has 6 heteroatoms. The zero-order valence-electron chi connectivity index (χ0n) is 18.7. The largest absolute Gasteiger partial charge is 0.485 e. The Morgan fingerprint density at radius 3 is 2.56 bits per heavy atom. The maximum atomic E-state index is 12.5. The van der Waals surface area contributed by atoms with Crippen LogP contribution in [0.1, 0.15) is 33.0 Å². The Kier molecular flexibility index (Phi) is 7.24. The second-order valence-corrected chi connectivity index (χ2v) is 8.18. The van der Waals surface area contributed by atoms with Gasteiger partial charge in [-0.15, -0.1) is 0 Å². The molecule has 0 spiro atoms. The number of amides is 1. The van der Waals surface area contributed by atoms with Crippen molar-refractivity contribution in [3.05, 3.63) is 82.8 Å². The molecule has 1 N–H and O–H groups in total. The molecule has 168 valence electrons. The van der Waals surface area contributed by atoms with Crippen LogP contribution in [0.3, 0.4) is 0 Å². The molecule has 1 aliphatic rings. The summed E-state index contributed by atoms with van der Waals surface area (Å²) in [6.45, 7) is 8.98. The van der Waals surface area contributed by atoms with Gasteiger partial charge in [-0.1, -0.05) is 29.8 Å². The lowest BCUT2D eigenvalue weighted by atomic mass is 10.1. The molecule has 0 saturated carbocycles. The smallest absolute Gasteiger partial charge is 0.291 e. The average Bonchev–Trinajstić information content (AvgIpc) is 3.28. The number of ether oxygens (including phenoxy) is 2. The van der Waals surface area contributed by atoms with E-state index in [-0.39, 0.29) is 18.3 Å². The molecule has 0 bridgehead atoms. The van der Waals surface area contributed by atoms with E-state index >= 15 is 0 Å². The molecule has 0 radical (unpaired) electrons. The minimum Gasteiger partial charge on any atom is -0.485 e. The van der Waals surface area contributed by atoms with Gasteiger partial charge in [-0.3, -0.25) is 9.69 Å². The van der Waals surface area contributed by atoms with E-state index < -0.39 is 0 Å². The molecule has 0 aliphatic carbocycles. The predicted molar refractivity (Wildman–Crippen MR) is 124 cm³/mol. The maximum absolute atomic E-state index is 12.5. The van der Waals surface area contributed by atoms with E-state index in [1.807, 2.05) is 38.1 Å². The van der Waals surface area contributed by atoms with Crippen LogP contribution >= 0.6 is 0 Å². The van der Waals surface area contributed by atoms with Crippen LogP contribution in [0.4, 0.5) is 5.69 Å². The van der Waals surface area contributed by atoms with Crippen molar-refractivity contribution < 1.29 is 18.7 Å². The van der Waals surface area contributed by atoms with Crippen LogP contribution < -0.4 is 10.1 Å². The van der Waals surface area contributed by atoms with Crippen LogP contribution in [-0.2, 0) is 17.8 Å². The summed E-state index contributed by atoms with van der Waals surface area (Å²) in [4.78, 5) is 15.0. The molecule has 1 saturated heterocycles. The van der Waals surface area contributed by atoms with Gasteiger partial charge in [0, 0.05) is 25.3 Å². The van der Waals surface area contributed by atoms with Crippen molar-refractivity contribution in [1.82, 2.24) is 4.90 Å². The van der Waals surface area contributed by atoms with E-state index in [0.717, 1.165) is 56.3 Å². The van der Waals surface area contributed by atoms with E-state index in [1.54, 1.807) is 12.1 Å². The molecule has 6 nitrogen and oxygen atoms in total. The van der Waals surface area contributed by atoms with Crippen molar-refractivity contribution in [2.24, 2.45) is 0 Å². The predicted octanol–water partition coefficient (Wildman–Crippen LogP) is 4.60. The molecular weight excluding hydrogens is 404 g/mol. The summed E-state index contributed by atoms with van der Waals surface area (Å²) in [7, 11) is 0. The van der Waals surface area contributed by atoms with Gasteiger partial charge in [0.2, 0.25) is 0 Å². The summed E-state index contributed by atoms with van der Waals surface area (Å²) in [5.74, 6) is 1.41. The number of hydrogen-bond donors (Lipinski definition) is 1. The minimum absolute atomic E-state index is 0.264. The molecule has 4 rings (SSSR count). The second kappa shape index (κ2) is 10.5. The Morgan fingerprint density at radius 2 is 1.81 bits per heavy atom. The first-order valence-electron chi connectivity index (χ1n) is 11.1. The van der Waals surface area contributed by atoms with Crippen LogP contribution in [0.15, 0.2) is 59.0 Å². The van der Waals surface area contributed by atoms with Crippen LogP contribution in [0.2, 0.25) is 0 Å². The van der Waals surface area contributed by atoms with Gasteiger partial charge >= 0.3 is 0 Å². The number of hydrogen-bond acceptors (Lipinski definition) is 5. The van der Waals surface area contributed by atoms with Crippen molar-refractivity contribution in [3.63, 3.8) is 0 Å². The van der Waals surface area contributed by atoms with Gasteiger partial charge in [-0.2, -0.15) is 0 Å².